The second-order valence-corrected chi connectivity index (χ2v) is 4.14. The van der Waals surface area contributed by atoms with Gasteiger partial charge in [-0.3, -0.25) is 0 Å². The van der Waals surface area contributed by atoms with Crippen LogP contribution in [0.15, 0.2) is 0 Å². The second-order valence-electron chi connectivity index (χ2n) is 4.14. The van der Waals surface area contributed by atoms with Gasteiger partial charge in [0.2, 0.25) is 0 Å². The maximum absolute atomic E-state index is 10.2. The van der Waals surface area contributed by atoms with Crippen molar-refractivity contribution in [2.75, 3.05) is 0 Å². The lowest BCUT2D eigenvalue weighted by molar-refractivity contribution is -0.0405. The van der Waals surface area contributed by atoms with Crippen LogP contribution in [0, 0.1) is 11.8 Å². The molecular weight excluding hydrogens is 136 g/mol. The molecule has 66 valence electrons. The summed E-state index contributed by atoms with van der Waals surface area (Å²) >= 11 is 0. The van der Waals surface area contributed by atoms with Gasteiger partial charge >= 0.3 is 0 Å². The third-order valence-electron chi connectivity index (χ3n) is 3.33. The van der Waals surface area contributed by atoms with Crippen molar-refractivity contribution in [3.63, 3.8) is 0 Å². The van der Waals surface area contributed by atoms with Gasteiger partial charge < -0.3 is 5.11 Å². The standard InChI is InChI=1S/C10H20O/c1-4-9-6-5-7-10(9,11)8(2)3/h8-9,11H,4-7H2,1-3H3. The molecule has 0 heterocycles. The Bertz CT molecular complexity index is 131. The Labute approximate surface area is 69.8 Å². The predicted octanol–water partition coefficient (Wildman–Crippen LogP) is 2.58. The van der Waals surface area contributed by atoms with E-state index in [9.17, 15) is 5.11 Å². The molecule has 1 rings (SSSR count). The van der Waals surface area contributed by atoms with E-state index < -0.39 is 0 Å². The molecule has 0 aromatic carbocycles. The minimum atomic E-state index is -0.339. The summed E-state index contributed by atoms with van der Waals surface area (Å²) in [4.78, 5) is 0. The quantitative estimate of drug-likeness (QED) is 0.651. The van der Waals surface area contributed by atoms with Crippen LogP contribution in [0.1, 0.15) is 46.5 Å². The Morgan fingerprint density at radius 3 is 2.55 bits per heavy atom. The molecule has 0 saturated heterocycles. The highest BCUT2D eigenvalue weighted by Gasteiger charge is 2.41. The Hall–Kier alpha value is -0.0400. The number of rotatable bonds is 2. The molecule has 1 aliphatic rings. The van der Waals surface area contributed by atoms with Gasteiger partial charge in [0, 0.05) is 0 Å². The fraction of sp³-hybridized carbons (Fsp3) is 1.00. The summed E-state index contributed by atoms with van der Waals surface area (Å²) < 4.78 is 0. The number of aliphatic hydroxyl groups is 1. The van der Waals surface area contributed by atoms with E-state index in [4.69, 9.17) is 0 Å². The summed E-state index contributed by atoms with van der Waals surface area (Å²) in [5.74, 6) is 0.984. The molecule has 0 aromatic heterocycles. The molecule has 2 atom stereocenters. The van der Waals surface area contributed by atoms with Crippen LogP contribution in [-0.4, -0.2) is 10.7 Å². The first-order valence-corrected chi connectivity index (χ1v) is 4.83. The number of hydrogen-bond acceptors (Lipinski definition) is 1. The van der Waals surface area contributed by atoms with E-state index in [0.717, 1.165) is 12.8 Å². The van der Waals surface area contributed by atoms with Gasteiger partial charge in [0.25, 0.3) is 0 Å². The van der Waals surface area contributed by atoms with Crippen molar-refractivity contribution in [1.82, 2.24) is 0 Å². The monoisotopic (exact) mass is 156 g/mol. The largest absolute Gasteiger partial charge is 0.389 e. The normalized spacial score (nSPS) is 38.5. The molecule has 0 radical (unpaired) electrons. The van der Waals surface area contributed by atoms with Crippen LogP contribution in [-0.2, 0) is 0 Å². The topological polar surface area (TPSA) is 20.2 Å². The summed E-state index contributed by atoms with van der Waals surface area (Å²) in [6, 6.07) is 0. The predicted molar refractivity (Wildman–Crippen MR) is 47.4 cm³/mol. The minimum absolute atomic E-state index is 0.339. The van der Waals surface area contributed by atoms with Crippen LogP contribution in [0.2, 0.25) is 0 Å². The van der Waals surface area contributed by atoms with Crippen molar-refractivity contribution in [2.45, 2.75) is 52.1 Å². The molecule has 11 heavy (non-hydrogen) atoms. The highest BCUT2D eigenvalue weighted by atomic mass is 16.3. The van der Waals surface area contributed by atoms with Crippen LogP contribution in [0.25, 0.3) is 0 Å². The molecule has 1 N–H and O–H groups in total. The summed E-state index contributed by atoms with van der Waals surface area (Å²) in [5.41, 5.74) is -0.339. The Morgan fingerprint density at radius 1 is 1.55 bits per heavy atom. The third-order valence-corrected chi connectivity index (χ3v) is 3.33. The van der Waals surface area contributed by atoms with E-state index in [1.807, 2.05) is 0 Å². The zero-order chi connectivity index (χ0) is 8.48. The van der Waals surface area contributed by atoms with Crippen LogP contribution in [0.3, 0.4) is 0 Å². The van der Waals surface area contributed by atoms with Crippen molar-refractivity contribution >= 4 is 0 Å². The van der Waals surface area contributed by atoms with Gasteiger partial charge in [0.15, 0.2) is 0 Å². The summed E-state index contributed by atoms with van der Waals surface area (Å²) in [7, 11) is 0. The van der Waals surface area contributed by atoms with Gasteiger partial charge in [0.05, 0.1) is 5.60 Å². The molecule has 0 aromatic rings. The number of hydrogen-bond donors (Lipinski definition) is 1. The van der Waals surface area contributed by atoms with E-state index in [2.05, 4.69) is 20.8 Å². The van der Waals surface area contributed by atoms with Crippen molar-refractivity contribution in [1.29, 1.82) is 0 Å². The van der Waals surface area contributed by atoms with Gasteiger partial charge in [0.1, 0.15) is 0 Å². The average Bonchev–Trinajstić information content (AvgIpc) is 2.32. The van der Waals surface area contributed by atoms with Crippen LogP contribution >= 0.6 is 0 Å². The molecule has 0 amide bonds. The molecule has 1 heteroatoms. The zero-order valence-corrected chi connectivity index (χ0v) is 7.93. The molecule has 0 spiro atoms. The van der Waals surface area contributed by atoms with Gasteiger partial charge in [-0.25, -0.2) is 0 Å². The van der Waals surface area contributed by atoms with Crippen LogP contribution in [0.4, 0.5) is 0 Å². The molecular formula is C10H20O. The van der Waals surface area contributed by atoms with E-state index in [1.54, 1.807) is 0 Å². The van der Waals surface area contributed by atoms with E-state index in [-0.39, 0.29) is 5.60 Å². The zero-order valence-electron chi connectivity index (χ0n) is 7.93. The maximum Gasteiger partial charge on any atom is 0.0698 e. The van der Waals surface area contributed by atoms with E-state index in [1.165, 1.54) is 12.8 Å². The van der Waals surface area contributed by atoms with E-state index in [0.29, 0.717) is 11.8 Å². The van der Waals surface area contributed by atoms with Gasteiger partial charge in [-0.05, 0) is 24.7 Å². The Kier molecular flexibility index (Phi) is 2.58. The first kappa shape index (κ1) is 9.05. The first-order valence-electron chi connectivity index (χ1n) is 4.83. The molecule has 1 nitrogen and oxygen atoms in total. The van der Waals surface area contributed by atoms with Crippen LogP contribution < -0.4 is 0 Å². The maximum atomic E-state index is 10.2. The van der Waals surface area contributed by atoms with Gasteiger partial charge in [-0.15, -0.1) is 0 Å². The van der Waals surface area contributed by atoms with E-state index >= 15 is 0 Å². The SMILES string of the molecule is CCC1CCCC1(O)C(C)C. The van der Waals surface area contributed by atoms with Crippen molar-refractivity contribution in [3.05, 3.63) is 0 Å². The molecule has 1 fully saturated rings. The minimum Gasteiger partial charge on any atom is -0.389 e. The molecule has 0 bridgehead atoms. The van der Waals surface area contributed by atoms with Crippen molar-refractivity contribution in [2.24, 2.45) is 11.8 Å². The van der Waals surface area contributed by atoms with Gasteiger partial charge in [-0.1, -0.05) is 33.6 Å². The summed E-state index contributed by atoms with van der Waals surface area (Å²) in [6.45, 7) is 6.45. The lowest BCUT2D eigenvalue weighted by atomic mass is 9.80. The first-order chi connectivity index (χ1) is 5.11. The smallest absolute Gasteiger partial charge is 0.0698 e. The van der Waals surface area contributed by atoms with Crippen molar-refractivity contribution in [3.8, 4) is 0 Å². The fourth-order valence-electron chi connectivity index (χ4n) is 2.40. The Balaban J connectivity index is 2.67. The highest BCUT2D eigenvalue weighted by Crippen LogP contribution is 2.42. The lowest BCUT2D eigenvalue weighted by Gasteiger charge is -2.33. The average molecular weight is 156 g/mol. The summed E-state index contributed by atoms with van der Waals surface area (Å²) in [5, 5.41) is 10.2. The highest BCUT2D eigenvalue weighted by molar-refractivity contribution is 4.93. The second kappa shape index (κ2) is 3.14. The molecule has 0 aliphatic heterocycles. The third kappa shape index (κ3) is 1.44. The van der Waals surface area contributed by atoms with Crippen LogP contribution in [0.5, 0.6) is 0 Å². The van der Waals surface area contributed by atoms with Gasteiger partial charge in [-0.2, -0.15) is 0 Å². The fourth-order valence-corrected chi connectivity index (χ4v) is 2.40. The lowest BCUT2D eigenvalue weighted by Crippen LogP contribution is -2.38. The molecule has 2 unspecified atom stereocenters. The summed E-state index contributed by atoms with van der Waals surface area (Å²) in [6.07, 6.45) is 4.59. The Morgan fingerprint density at radius 2 is 2.18 bits per heavy atom. The molecule has 1 aliphatic carbocycles. The molecule has 1 saturated carbocycles. The van der Waals surface area contributed by atoms with Crippen molar-refractivity contribution < 1.29 is 5.11 Å².